The zero-order chi connectivity index (χ0) is 19.4. The number of hydrogen-bond donors (Lipinski definition) is 1. The largest absolute Gasteiger partial charge is 0.454 e. The molecule has 0 saturated heterocycles. The monoisotopic (exact) mass is 409 g/mol. The summed E-state index contributed by atoms with van der Waals surface area (Å²) in [5.41, 5.74) is 0.911. The van der Waals surface area contributed by atoms with Crippen LogP contribution in [0.25, 0.3) is 0 Å². The topological polar surface area (TPSA) is 97.8 Å². The number of benzene rings is 1. The van der Waals surface area contributed by atoms with Crippen LogP contribution in [0, 0.1) is 0 Å². The number of fused-ring (bicyclic) bond motifs is 1. The van der Waals surface area contributed by atoms with Crippen LogP contribution in [0.1, 0.15) is 5.56 Å². The zero-order valence-electron chi connectivity index (χ0n) is 14.8. The minimum absolute atomic E-state index is 0.115. The number of hydrogen-bond acceptors (Lipinski definition) is 7. The Morgan fingerprint density at radius 2 is 2.00 bits per heavy atom. The van der Waals surface area contributed by atoms with Gasteiger partial charge in [-0.2, -0.15) is 0 Å². The molecule has 2 heterocycles. The van der Waals surface area contributed by atoms with Crippen molar-refractivity contribution in [3.63, 3.8) is 0 Å². The number of thioether (sulfide) groups is 1. The maximum Gasteiger partial charge on any atom is 0.244 e. The Balaban J connectivity index is 1.49. The quantitative estimate of drug-likeness (QED) is 0.692. The molecule has 2 aromatic rings. The van der Waals surface area contributed by atoms with Gasteiger partial charge in [-0.15, -0.1) is 0 Å². The molecule has 1 aromatic heterocycles. The third-order valence-corrected chi connectivity index (χ3v) is 6.51. The molecule has 144 valence electrons. The number of nitrogens with one attached hydrogen (secondary N) is 1. The molecule has 1 aliphatic heterocycles. The summed E-state index contributed by atoms with van der Waals surface area (Å²) < 4.78 is 35.7. The van der Waals surface area contributed by atoms with Gasteiger partial charge in [0, 0.05) is 26.8 Å². The number of nitrogens with zero attached hydrogens (tertiary/aromatic N) is 2. The van der Waals surface area contributed by atoms with Gasteiger partial charge in [0.25, 0.3) is 0 Å². The molecule has 0 bridgehead atoms. The lowest BCUT2D eigenvalue weighted by atomic mass is 10.2. The smallest absolute Gasteiger partial charge is 0.244 e. The minimum atomic E-state index is -3.51. The van der Waals surface area contributed by atoms with Crippen molar-refractivity contribution in [3.05, 3.63) is 42.1 Å². The first-order valence-corrected chi connectivity index (χ1v) is 10.5. The van der Waals surface area contributed by atoms with Gasteiger partial charge in [-0.1, -0.05) is 17.8 Å². The van der Waals surface area contributed by atoms with Crippen LogP contribution in [0.4, 0.5) is 0 Å². The van der Waals surface area contributed by atoms with Crippen LogP contribution in [0.15, 0.2) is 46.5 Å². The SMILES string of the molecule is CN(C)S(=O)(=O)c1ccc(SCC(=O)NCc2ccc3c(c2)OCO3)nc1. The molecule has 0 unspecified atom stereocenters. The van der Waals surface area contributed by atoms with E-state index < -0.39 is 10.0 Å². The summed E-state index contributed by atoms with van der Waals surface area (Å²) >= 11 is 1.24. The van der Waals surface area contributed by atoms with E-state index in [9.17, 15) is 13.2 Å². The van der Waals surface area contributed by atoms with E-state index in [1.165, 1.54) is 38.1 Å². The number of carbonyl (C=O) groups is 1. The first-order chi connectivity index (χ1) is 12.9. The standard InChI is InChI=1S/C17H19N3O5S2/c1-20(2)27(22,23)13-4-6-17(19-9-13)26-10-16(21)18-8-12-3-5-14-15(7-12)25-11-24-14/h3-7,9H,8,10-11H2,1-2H3,(H,18,21). The number of sulfonamides is 1. The molecule has 3 rings (SSSR count). The number of ether oxygens (including phenoxy) is 2. The lowest BCUT2D eigenvalue weighted by molar-refractivity contribution is -0.118. The fourth-order valence-corrected chi connectivity index (χ4v) is 3.78. The normalized spacial score (nSPS) is 13.0. The van der Waals surface area contributed by atoms with E-state index in [-0.39, 0.29) is 23.3 Å². The summed E-state index contributed by atoms with van der Waals surface area (Å²) in [4.78, 5) is 16.2. The number of rotatable bonds is 7. The highest BCUT2D eigenvalue weighted by Crippen LogP contribution is 2.32. The van der Waals surface area contributed by atoms with Gasteiger partial charge < -0.3 is 14.8 Å². The Hall–Kier alpha value is -2.30. The van der Waals surface area contributed by atoms with Gasteiger partial charge in [-0.25, -0.2) is 17.7 Å². The number of amides is 1. The molecule has 27 heavy (non-hydrogen) atoms. The van der Waals surface area contributed by atoms with E-state index in [0.29, 0.717) is 23.1 Å². The molecule has 0 fully saturated rings. The highest BCUT2D eigenvalue weighted by atomic mass is 32.2. The Morgan fingerprint density at radius 1 is 1.22 bits per heavy atom. The lowest BCUT2D eigenvalue weighted by Crippen LogP contribution is -2.24. The second kappa shape index (κ2) is 8.15. The van der Waals surface area contributed by atoms with Crippen LogP contribution >= 0.6 is 11.8 Å². The minimum Gasteiger partial charge on any atom is -0.454 e. The number of aromatic nitrogens is 1. The molecule has 0 aliphatic carbocycles. The van der Waals surface area contributed by atoms with Crippen LogP contribution in [0.2, 0.25) is 0 Å². The molecular weight excluding hydrogens is 390 g/mol. The summed E-state index contributed by atoms with van der Waals surface area (Å²) in [7, 11) is -0.584. The Bertz CT molecular complexity index is 930. The van der Waals surface area contributed by atoms with Crippen molar-refractivity contribution in [1.29, 1.82) is 0 Å². The van der Waals surface area contributed by atoms with Crippen LogP contribution in [-0.2, 0) is 21.4 Å². The maximum absolute atomic E-state index is 12.0. The van der Waals surface area contributed by atoms with Crippen LogP contribution in [0.3, 0.4) is 0 Å². The summed E-state index contributed by atoms with van der Waals surface area (Å²) in [6.07, 6.45) is 1.29. The molecule has 1 amide bonds. The van der Waals surface area contributed by atoms with Crippen molar-refractivity contribution in [2.75, 3.05) is 26.6 Å². The van der Waals surface area contributed by atoms with E-state index in [0.717, 1.165) is 9.87 Å². The predicted octanol–water partition coefficient (Wildman–Crippen LogP) is 1.47. The van der Waals surface area contributed by atoms with Gasteiger partial charge in [0.2, 0.25) is 22.7 Å². The molecule has 1 aliphatic rings. The van der Waals surface area contributed by atoms with Crippen molar-refractivity contribution < 1.29 is 22.7 Å². The van der Waals surface area contributed by atoms with E-state index in [1.54, 1.807) is 6.07 Å². The number of carbonyl (C=O) groups excluding carboxylic acids is 1. The highest BCUT2D eigenvalue weighted by Gasteiger charge is 2.17. The van der Waals surface area contributed by atoms with Gasteiger partial charge in [0.05, 0.1) is 10.8 Å². The lowest BCUT2D eigenvalue weighted by Gasteiger charge is -2.11. The number of pyridine rings is 1. The molecule has 8 nitrogen and oxygen atoms in total. The van der Waals surface area contributed by atoms with Crippen molar-refractivity contribution in [2.24, 2.45) is 0 Å². The van der Waals surface area contributed by atoms with Crippen LogP contribution < -0.4 is 14.8 Å². The third kappa shape index (κ3) is 4.71. The van der Waals surface area contributed by atoms with Crippen LogP contribution in [0.5, 0.6) is 11.5 Å². The van der Waals surface area contributed by atoms with E-state index in [4.69, 9.17) is 9.47 Å². The van der Waals surface area contributed by atoms with Crippen molar-refractivity contribution in [1.82, 2.24) is 14.6 Å². The van der Waals surface area contributed by atoms with E-state index in [2.05, 4.69) is 10.3 Å². The van der Waals surface area contributed by atoms with Crippen molar-refractivity contribution in [2.45, 2.75) is 16.5 Å². The summed E-state index contributed by atoms with van der Waals surface area (Å²) in [5, 5.41) is 3.40. The van der Waals surface area contributed by atoms with E-state index in [1.807, 2.05) is 18.2 Å². The Morgan fingerprint density at radius 3 is 2.70 bits per heavy atom. The van der Waals surface area contributed by atoms with Crippen molar-refractivity contribution >= 4 is 27.7 Å². The maximum atomic E-state index is 12.0. The zero-order valence-corrected chi connectivity index (χ0v) is 16.5. The molecule has 0 atom stereocenters. The van der Waals surface area contributed by atoms with Crippen LogP contribution in [-0.4, -0.2) is 50.3 Å². The average Bonchev–Trinajstić information content (AvgIpc) is 3.12. The molecule has 0 radical (unpaired) electrons. The molecule has 0 spiro atoms. The highest BCUT2D eigenvalue weighted by molar-refractivity contribution is 7.99. The van der Waals surface area contributed by atoms with Crippen molar-refractivity contribution in [3.8, 4) is 11.5 Å². The van der Waals surface area contributed by atoms with Gasteiger partial charge in [0.15, 0.2) is 11.5 Å². The fourth-order valence-electron chi connectivity index (χ4n) is 2.26. The Labute approximate surface area is 161 Å². The third-order valence-electron chi connectivity index (χ3n) is 3.77. The van der Waals surface area contributed by atoms with Gasteiger partial charge >= 0.3 is 0 Å². The van der Waals surface area contributed by atoms with Gasteiger partial charge in [0.1, 0.15) is 4.90 Å². The molecule has 10 heteroatoms. The second-order valence-corrected chi connectivity index (χ2v) is 9.02. The second-order valence-electron chi connectivity index (χ2n) is 5.87. The predicted molar refractivity (Wildman–Crippen MR) is 100 cm³/mol. The first kappa shape index (κ1) is 19.5. The molecule has 0 saturated carbocycles. The summed E-state index contributed by atoms with van der Waals surface area (Å²) in [5.74, 6) is 1.40. The first-order valence-electron chi connectivity index (χ1n) is 8.03. The van der Waals surface area contributed by atoms with E-state index >= 15 is 0 Å². The Kier molecular flexibility index (Phi) is 5.88. The molecular formula is C17H19N3O5S2. The summed E-state index contributed by atoms with van der Waals surface area (Å²) in [6.45, 7) is 0.590. The fraction of sp³-hybridized carbons (Fsp3) is 0.294. The molecule has 1 N–H and O–H groups in total. The van der Waals surface area contributed by atoms with Gasteiger partial charge in [-0.05, 0) is 29.8 Å². The van der Waals surface area contributed by atoms with Gasteiger partial charge in [-0.3, -0.25) is 4.79 Å². The summed E-state index contributed by atoms with van der Waals surface area (Å²) in [6, 6.07) is 8.58. The molecule has 1 aromatic carbocycles. The average molecular weight is 409 g/mol.